The summed E-state index contributed by atoms with van der Waals surface area (Å²) in [5, 5.41) is 11.8. The molecule has 1 rings (SSSR count). The van der Waals surface area contributed by atoms with E-state index in [0.717, 1.165) is 5.56 Å². The number of nitrogens with one attached hydrogen (secondary N) is 1. The fourth-order valence-corrected chi connectivity index (χ4v) is 1.81. The van der Waals surface area contributed by atoms with Gasteiger partial charge in [0.05, 0.1) is 0 Å². The number of hydrogen-bond acceptors (Lipinski definition) is 3. The summed E-state index contributed by atoms with van der Waals surface area (Å²) in [5.41, 5.74) is 5.00. The van der Waals surface area contributed by atoms with E-state index in [1.54, 1.807) is 6.92 Å². The molecule has 0 fully saturated rings. The summed E-state index contributed by atoms with van der Waals surface area (Å²) in [6.07, 6.45) is -1.67. The van der Waals surface area contributed by atoms with E-state index in [0.29, 0.717) is 6.42 Å². The largest absolute Gasteiger partial charge is 0.384 e. The lowest BCUT2D eigenvalue weighted by Gasteiger charge is -2.33. The van der Waals surface area contributed by atoms with Crippen molar-refractivity contribution >= 4 is 5.91 Å². The van der Waals surface area contributed by atoms with Gasteiger partial charge in [-0.3, -0.25) is 4.79 Å². The Bertz CT molecular complexity index is 464. The molecule has 1 aromatic carbocycles. The van der Waals surface area contributed by atoms with E-state index in [-0.39, 0.29) is 13.0 Å². The Kier molecular flexibility index (Phi) is 5.80. The zero-order valence-corrected chi connectivity index (χ0v) is 12.3. The third-order valence-corrected chi connectivity index (χ3v) is 3.57. The fourth-order valence-electron chi connectivity index (χ4n) is 1.81. The quantitative estimate of drug-likeness (QED) is 0.714. The topological polar surface area (TPSA) is 75.3 Å². The second-order valence-corrected chi connectivity index (χ2v) is 5.38. The van der Waals surface area contributed by atoms with Gasteiger partial charge in [-0.15, -0.1) is 0 Å². The van der Waals surface area contributed by atoms with E-state index >= 15 is 0 Å². The zero-order valence-electron chi connectivity index (χ0n) is 12.3. The van der Waals surface area contributed by atoms with Crippen molar-refractivity contribution in [3.63, 3.8) is 0 Å². The number of carbonyl (C=O) groups is 1. The number of nitrogens with two attached hydrogens (primary N) is 1. The lowest BCUT2D eigenvalue weighted by atomic mass is 9.88. The summed E-state index contributed by atoms with van der Waals surface area (Å²) >= 11 is 0. The average molecular weight is 300 g/mol. The molecule has 2 atom stereocenters. The van der Waals surface area contributed by atoms with Crippen LogP contribution in [0.3, 0.4) is 0 Å². The van der Waals surface area contributed by atoms with Gasteiger partial charge in [-0.1, -0.05) is 37.3 Å². The predicted molar refractivity (Wildman–Crippen MR) is 77.0 cm³/mol. The van der Waals surface area contributed by atoms with Gasteiger partial charge in [-0.25, -0.2) is 0 Å². The molecule has 0 saturated carbocycles. The summed E-state index contributed by atoms with van der Waals surface area (Å²) < 4.78 is 27.8. The molecule has 0 radical (unpaired) electrons. The number of halogens is 2. The van der Waals surface area contributed by atoms with Crippen molar-refractivity contribution < 1.29 is 18.7 Å². The minimum Gasteiger partial charge on any atom is -0.384 e. The highest BCUT2D eigenvalue weighted by Gasteiger charge is 2.52. The van der Waals surface area contributed by atoms with Gasteiger partial charge >= 0.3 is 5.92 Å². The number of benzene rings is 1. The number of hydrogen-bond donors (Lipinski definition) is 3. The van der Waals surface area contributed by atoms with Gasteiger partial charge in [0, 0.05) is 12.1 Å². The molecule has 4 N–H and O–H groups in total. The van der Waals surface area contributed by atoms with Gasteiger partial charge in [-0.2, -0.15) is 8.78 Å². The lowest BCUT2D eigenvalue weighted by molar-refractivity contribution is -0.171. The van der Waals surface area contributed by atoms with Gasteiger partial charge in [0.25, 0.3) is 5.91 Å². The molecule has 1 aromatic rings. The smallest absolute Gasteiger partial charge is 0.351 e. The summed E-state index contributed by atoms with van der Waals surface area (Å²) in [4.78, 5) is 11.6. The van der Waals surface area contributed by atoms with Gasteiger partial charge < -0.3 is 16.2 Å². The van der Waals surface area contributed by atoms with Crippen LogP contribution < -0.4 is 11.1 Å². The Morgan fingerprint density at radius 1 is 1.38 bits per heavy atom. The Balaban J connectivity index is 2.57. The van der Waals surface area contributed by atoms with Crippen molar-refractivity contribution in [1.82, 2.24) is 5.32 Å². The summed E-state index contributed by atoms with van der Waals surface area (Å²) in [5.74, 6) is -5.42. The van der Waals surface area contributed by atoms with Crippen LogP contribution in [0.5, 0.6) is 0 Å². The van der Waals surface area contributed by atoms with Gasteiger partial charge in [0.1, 0.15) is 6.10 Å². The highest BCUT2D eigenvalue weighted by atomic mass is 19.3. The highest BCUT2D eigenvalue weighted by Crippen LogP contribution is 2.27. The molecule has 0 aliphatic heterocycles. The Labute approximate surface area is 123 Å². The normalized spacial score (nSPS) is 16.1. The summed E-state index contributed by atoms with van der Waals surface area (Å²) in [6.45, 7) is 2.94. The Hall–Kier alpha value is -1.53. The van der Waals surface area contributed by atoms with E-state index in [2.05, 4.69) is 5.32 Å². The van der Waals surface area contributed by atoms with Crippen LogP contribution >= 0.6 is 0 Å². The first kappa shape index (κ1) is 17.5. The molecule has 1 amide bonds. The van der Waals surface area contributed by atoms with E-state index < -0.39 is 23.5 Å². The zero-order chi connectivity index (χ0) is 16.1. The monoisotopic (exact) mass is 300 g/mol. The maximum Gasteiger partial charge on any atom is 0.351 e. The minimum atomic E-state index is -3.92. The first-order valence-corrected chi connectivity index (χ1v) is 6.88. The molecule has 21 heavy (non-hydrogen) atoms. The van der Waals surface area contributed by atoms with E-state index in [4.69, 9.17) is 5.73 Å². The van der Waals surface area contributed by atoms with Crippen LogP contribution in [-0.4, -0.2) is 35.1 Å². The standard InChI is InChI=1S/C15H22F2N2O2/c1-3-14(2,18)12(20)15(16,17)13(21)19-10-9-11-7-5-4-6-8-11/h4-8,12,20H,3,9-10,18H2,1-2H3,(H,19,21)/t12?,14-/m0/s1. The number of aliphatic hydroxyl groups excluding tert-OH is 1. The summed E-state index contributed by atoms with van der Waals surface area (Å²) in [6, 6.07) is 9.19. The van der Waals surface area contributed by atoms with Crippen molar-refractivity contribution in [1.29, 1.82) is 0 Å². The Morgan fingerprint density at radius 2 is 1.95 bits per heavy atom. The van der Waals surface area contributed by atoms with Crippen LogP contribution in [-0.2, 0) is 11.2 Å². The van der Waals surface area contributed by atoms with Crippen molar-refractivity contribution in [2.45, 2.75) is 44.3 Å². The SMILES string of the molecule is CC[C@](C)(N)C(O)C(F)(F)C(=O)NCCc1ccccc1. The summed E-state index contributed by atoms with van der Waals surface area (Å²) in [7, 11) is 0. The van der Waals surface area contributed by atoms with Gasteiger partial charge in [0.2, 0.25) is 0 Å². The maximum absolute atomic E-state index is 13.9. The van der Waals surface area contributed by atoms with Crippen LogP contribution in [0.1, 0.15) is 25.8 Å². The molecule has 1 unspecified atom stereocenters. The lowest BCUT2D eigenvalue weighted by Crippen LogP contribution is -2.61. The van der Waals surface area contributed by atoms with Gasteiger partial charge in [0.15, 0.2) is 0 Å². The van der Waals surface area contributed by atoms with E-state index in [9.17, 15) is 18.7 Å². The molecule has 118 valence electrons. The second kappa shape index (κ2) is 6.95. The maximum atomic E-state index is 13.9. The Morgan fingerprint density at radius 3 is 2.48 bits per heavy atom. The molecule has 0 aliphatic carbocycles. The van der Waals surface area contributed by atoms with Crippen molar-refractivity contribution in [2.75, 3.05) is 6.54 Å². The third kappa shape index (κ3) is 4.47. The molecular weight excluding hydrogens is 278 g/mol. The van der Waals surface area contributed by atoms with E-state index in [1.807, 2.05) is 30.3 Å². The highest BCUT2D eigenvalue weighted by molar-refractivity contribution is 5.84. The number of amides is 1. The average Bonchev–Trinajstić information content (AvgIpc) is 2.47. The van der Waals surface area contributed by atoms with Crippen LogP contribution in [0, 0.1) is 0 Å². The molecule has 0 saturated heterocycles. The molecule has 0 bridgehead atoms. The van der Waals surface area contributed by atoms with Crippen LogP contribution in [0.4, 0.5) is 8.78 Å². The van der Waals surface area contributed by atoms with Crippen LogP contribution in [0.15, 0.2) is 30.3 Å². The molecule has 0 spiro atoms. The number of carbonyl (C=O) groups excluding carboxylic acids is 1. The first-order chi connectivity index (χ1) is 9.71. The van der Waals surface area contributed by atoms with E-state index in [1.165, 1.54) is 6.92 Å². The van der Waals surface area contributed by atoms with Gasteiger partial charge in [-0.05, 0) is 25.3 Å². The first-order valence-electron chi connectivity index (χ1n) is 6.88. The second-order valence-electron chi connectivity index (χ2n) is 5.38. The van der Waals surface area contributed by atoms with Crippen molar-refractivity contribution in [2.24, 2.45) is 5.73 Å². The molecule has 4 nitrogen and oxygen atoms in total. The molecule has 0 aromatic heterocycles. The number of alkyl halides is 2. The molecule has 0 heterocycles. The predicted octanol–water partition coefficient (Wildman–Crippen LogP) is 1.47. The molecule has 0 aliphatic rings. The molecule has 6 heteroatoms. The third-order valence-electron chi connectivity index (χ3n) is 3.57. The van der Waals surface area contributed by atoms with Crippen molar-refractivity contribution in [3.05, 3.63) is 35.9 Å². The number of rotatable bonds is 7. The van der Waals surface area contributed by atoms with Crippen molar-refractivity contribution in [3.8, 4) is 0 Å². The fraction of sp³-hybridized carbons (Fsp3) is 0.533. The number of aliphatic hydroxyl groups is 1. The minimum absolute atomic E-state index is 0.0680. The van der Waals surface area contributed by atoms with Crippen LogP contribution in [0.2, 0.25) is 0 Å². The molecular formula is C15H22F2N2O2. The van der Waals surface area contributed by atoms with Crippen LogP contribution in [0.25, 0.3) is 0 Å².